The first-order valence-electron chi connectivity index (χ1n) is 4.44. The zero-order chi connectivity index (χ0) is 9.84. The molecule has 0 saturated heterocycles. The van der Waals surface area contributed by atoms with Gasteiger partial charge in [-0.2, -0.15) is 0 Å². The molecule has 5 nitrogen and oxygen atoms in total. The average molecular weight is 184 g/mol. The van der Waals surface area contributed by atoms with Gasteiger partial charge in [0.05, 0.1) is 0 Å². The third-order valence-corrected chi connectivity index (χ3v) is 2.04. The maximum atomic E-state index is 9.74. The Labute approximate surface area is 77.6 Å². The molecule has 0 aliphatic carbocycles. The smallest absolute Gasteiger partial charge is 0.163 e. The Morgan fingerprint density at radius 1 is 1.69 bits per heavy atom. The van der Waals surface area contributed by atoms with Crippen LogP contribution in [-0.4, -0.2) is 25.9 Å². The zero-order valence-electron chi connectivity index (χ0n) is 8.01. The number of rotatable bonds is 4. The molecule has 3 N–H and O–H groups in total. The van der Waals surface area contributed by atoms with Crippen LogP contribution in [0.1, 0.15) is 31.7 Å². The van der Waals surface area contributed by atoms with E-state index in [0.717, 1.165) is 12.8 Å². The van der Waals surface area contributed by atoms with E-state index in [1.807, 2.05) is 6.92 Å². The molecular formula is C8H16N4O. The third-order valence-electron chi connectivity index (χ3n) is 2.04. The van der Waals surface area contributed by atoms with Gasteiger partial charge in [0.1, 0.15) is 12.4 Å². The number of aromatic nitrogens is 3. The average Bonchev–Trinajstić information content (AvgIpc) is 2.50. The fraction of sp³-hybridized carbons (Fsp3) is 0.750. The lowest BCUT2D eigenvalue weighted by atomic mass is 10.1. The molecule has 0 aliphatic heterocycles. The van der Waals surface area contributed by atoms with Crippen LogP contribution < -0.4 is 5.73 Å². The summed E-state index contributed by atoms with van der Waals surface area (Å²) in [6, 6.07) is -0.257. The van der Waals surface area contributed by atoms with Crippen molar-refractivity contribution in [2.45, 2.75) is 31.9 Å². The van der Waals surface area contributed by atoms with Gasteiger partial charge in [-0.1, -0.05) is 13.3 Å². The van der Waals surface area contributed by atoms with Gasteiger partial charge in [-0.3, -0.25) is 0 Å². The normalized spacial score (nSPS) is 15.7. The number of nitrogens with zero attached hydrogens (tertiary/aromatic N) is 3. The predicted octanol–water partition coefficient (Wildman–Crippen LogP) is -0.0241. The maximum absolute atomic E-state index is 9.74. The van der Waals surface area contributed by atoms with Crippen molar-refractivity contribution in [2.24, 2.45) is 12.8 Å². The molecule has 0 spiro atoms. The van der Waals surface area contributed by atoms with Gasteiger partial charge in [0.25, 0.3) is 0 Å². The van der Waals surface area contributed by atoms with Gasteiger partial charge >= 0.3 is 0 Å². The summed E-state index contributed by atoms with van der Waals surface area (Å²) in [5, 5.41) is 17.2. The minimum Gasteiger partial charge on any atom is -0.383 e. The second-order valence-electron chi connectivity index (χ2n) is 3.20. The minimum atomic E-state index is -0.715. The number of hydrogen-bond donors (Lipinski definition) is 2. The molecule has 2 atom stereocenters. The summed E-state index contributed by atoms with van der Waals surface area (Å²) < 4.78 is 1.68. The monoisotopic (exact) mass is 184 g/mol. The van der Waals surface area contributed by atoms with Crippen LogP contribution in [0.4, 0.5) is 0 Å². The Hall–Kier alpha value is -0.940. The molecule has 0 amide bonds. The Kier molecular flexibility index (Phi) is 3.39. The van der Waals surface area contributed by atoms with E-state index >= 15 is 0 Å². The van der Waals surface area contributed by atoms with Crippen molar-refractivity contribution in [3.05, 3.63) is 12.2 Å². The van der Waals surface area contributed by atoms with E-state index in [9.17, 15) is 5.11 Å². The van der Waals surface area contributed by atoms with Gasteiger partial charge in [-0.05, 0) is 6.42 Å². The van der Waals surface area contributed by atoms with E-state index in [1.165, 1.54) is 0 Å². The predicted molar refractivity (Wildman–Crippen MR) is 48.8 cm³/mol. The van der Waals surface area contributed by atoms with Gasteiger partial charge in [-0.15, -0.1) is 10.2 Å². The molecular weight excluding hydrogens is 168 g/mol. The van der Waals surface area contributed by atoms with Crippen molar-refractivity contribution in [2.75, 3.05) is 0 Å². The van der Waals surface area contributed by atoms with Crippen molar-refractivity contribution in [1.82, 2.24) is 14.8 Å². The number of aryl methyl sites for hydroxylation is 1. The topological polar surface area (TPSA) is 77.0 Å². The van der Waals surface area contributed by atoms with Crippen molar-refractivity contribution in [3.63, 3.8) is 0 Å². The molecule has 0 fully saturated rings. The number of aliphatic hydroxyl groups excluding tert-OH is 1. The number of hydrogen-bond acceptors (Lipinski definition) is 4. The second kappa shape index (κ2) is 4.34. The van der Waals surface area contributed by atoms with Gasteiger partial charge < -0.3 is 15.4 Å². The van der Waals surface area contributed by atoms with E-state index in [-0.39, 0.29) is 6.04 Å². The Morgan fingerprint density at radius 2 is 2.38 bits per heavy atom. The van der Waals surface area contributed by atoms with Crippen LogP contribution in [0.2, 0.25) is 0 Å². The number of aliphatic hydroxyl groups is 1. The van der Waals surface area contributed by atoms with Gasteiger partial charge in [-0.25, -0.2) is 0 Å². The van der Waals surface area contributed by atoms with Crippen LogP contribution in [0, 0.1) is 0 Å². The van der Waals surface area contributed by atoms with Gasteiger partial charge in [0.15, 0.2) is 5.82 Å². The van der Waals surface area contributed by atoms with E-state index in [2.05, 4.69) is 10.2 Å². The van der Waals surface area contributed by atoms with Crippen LogP contribution >= 0.6 is 0 Å². The highest BCUT2D eigenvalue weighted by Gasteiger charge is 2.20. The molecule has 0 aliphatic rings. The molecule has 0 bridgehead atoms. The summed E-state index contributed by atoms with van der Waals surface area (Å²) in [6.07, 6.45) is 2.58. The van der Waals surface area contributed by atoms with Crippen LogP contribution in [0.3, 0.4) is 0 Å². The SMILES string of the molecule is CCCC(N)C(O)c1nncn1C. The molecule has 5 heteroatoms. The molecule has 1 heterocycles. The van der Waals surface area contributed by atoms with Gasteiger partial charge in [0, 0.05) is 13.1 Å². The molecule has 2 unspecified atom stereocenters. The summed E-state index contributed by atoms with van der Waals surface area (Å²) in [5.74, 6) is 0.529. The Bertz CT molecular complexity index is 260. The van der Waals surface area contributed by atoms with E-state index < -0.39 is 6.10 Å². The molecule has 0 saturated carbocycles. The van der Waals surface area contributed by atoms with E-state index in [4.69, 9.17) is 5.73 Å². The van der Waals surface area contributed by atoms with Gasteiger partial charge in [0.2, 0.25) is 0 Å². The quantitative estimate of drug-likeness (QED) is 0.689. The van der Waals surface area contributed by atoms with Crippen LogP contribution in [0.5, 0.6) is 0 Å². The number of nitrogens with two attached hydrogens (primary N) is 1. The Balaban J connectivity index is 2.67. The maximum Gasteiger partial charge on any atom is 0.163 e. The van der Waals surface area contributed by atoms with Crippen LogP contribution in [-0.2, 0) is 7.05 Å². The summed E-state index contributed by atoms with van der Waals surface area (Å²) in [4.78, 5) is 0. The van der Waals surface area contributed by atoms with Crippen LogP contribution in [0.15, 0.2) is 6.33 Å². The molecule has 1 rings (SSSR count). The summed E-state index contributed by atoms with van der Waals surface area (Å²) >= 11 is 0. The first-order chi connectivity index (χ1) is 6.16. The largest absolute Gasteiger partial charge is 0.383 e. The standard InChI is InChI=1S/C8H16N4O/c1-3-4-6(9)7(13)8-11-10-5-12(8)2/h5-7,13H,3-4,9H2,1-2H3. The van der Waals surface area contributed by atoms with Crippen molar-refractivity contribution in [1.29, 1.82) is 0 Å². The zero-order valence-corrected chi connectivity index (χ0v) is 8.01. The summed E-state index contributed by atoms with van der Waals surface area (Å²) in [5.41, 5.74) is 5.76. The lowest BCUT2D eigenvalue weighted by molar-refractivity contribution is 0.129. The van der Waals surface area contributed by atoms with E-state index in [0.29, 0.717) is 5.82 Å². The molecule has 0 aromatic carbocycles. The molecule has 1 aromatic rings. The minimum absolute atomic E-state index is 0.257. The highest BCUT2D eigenvalue weighted by molar-refractivity contribution is 4.94. The summed E-state index contributed by atoms with van der Waals surface area (Å²) in [7, 11) is 1.79. The lowest BCUT2D eigenvalue weighted by Crippen LogP contribution is -2.29. The first kappa shape index (κ1) is 10.1. The molecule has 1 aromatic heterocycles. The molecule has 74 valence electrons. The fourth-order valence-corrected chi connectivity index (χ4v) is 1.24. The van der Waals surface area contributed by atoms with Crippen molar-refractivity contribution in [3.8, 4) is 0 Å². The van der Waals surface area contributed by atoms with E-state index in [1.54, 1.807) is 17.9 Å². The van der Waals surface area contributed by atoms with Crippen LogP contribution in [0.25, 0.3) is 0 Å². The van der Waals surface area contributed by atoms with Crippen molar-refractivity contribution < 1.29 is 5.11 Å². The summed E-state index contributed by atoms with van der Waals surface area (Å²) in [6.45, 7) is 2.03. The first-order valence-corrected chi connectivity index (χ1v) is 4.44. The fourth-order valence-electron chi connectivity index (χ4n) is 1.24. The van der Waals surface area contributed by atoms with Crippen molar-refractivity contribution >= 4 is 0 Å². The third kappa shape index (κ3) is 2.26. The second-order valence-corrected chi connectivity index (χ2v) is 3.20. The highest BCUT2D eigenvalue weighted by atomic mass is 16.3. The Morgan fingerprint density at radius 3 is 2.85 bits per heavy atom. The molecule has 13 heavy (non-hydrogen) atoms. The lowest BCUT2D eigenvalue weighted by Gasteiger charge is -2.16. The molecule has 0 radical (unpaired) electrons. The highest BCUT2D eigenvalue weighted by Crippen LogP contribution is 2.14.